The minimum Gasteiger partial charge on any atom is -0.382 e. The molecular weight excluding hydrogens is 494 g/mol. The lowest BCUT2D eigenvalue weighted by Crippen LogP contribution is -2.30. The van der Waals surface area contributed by atoms with Gasteiger partial charge < -0.3 is 24.4 Å². The Morgan fingerprint density at radius 1 is 1.14 bits per heavy atom. The average Bonchev–Trinajstić information content (AvgIpc) is 3.64. The van der Waals surface area contributed by atoms with Gasteiger partial charge >= 0.3 is 16.1 Å². The lowest BCUT2D eigenvalue weighted by atomic mass is 10.2. The third-order valence-electron chi connectivity index (χ3n) is 6.20. The molecule has 194 valence electrons. The van der Waals surface area contributed by atoms with Gasteiger partial charge in [-0.2, -0.15) is 8.42 Å². The molecule has 0 radical (unpaired) electrons. The SMILES string of the molecule is O=C(NCCCn1ccnc1)Nc1nc2ccc(OS(=O)(=O)c3ccc(NC4CCCC4)cc3)cc2[nH]1. The van der Waals surface area contributed by atoms with Crippen molar-refractivity contribution in [3.05, 3.63) is 61.2 Å². The second-order valence-corrected chi connectivity index (χ2v) is 10.5. The number of H-pyrrole nitrogens is 1. The summed E-state index contributed by atoms with van der Waals surface area (Å²) < 4.78 is 32.9. The van der Waals surface area contributed by atoms with Gasteiger partial charge in [-0.25, -0.2) is 14.8 Å². The van der Waals surface area contributed by atoms with E-state index in [2.05, 4.69) is 30.9 Å². The van der Waals surface area contributed by atoms with Crippen LogP contribution in [0.5, 0.6) is 5.75 Å². The molecule has 1 saturated carbocycles. The minimum atomic E-state index is -4.01. The number of rotatable bonds is 10. The van der Waals surface area contributed by atoms with Gasteiger partial charge in [-0.3, -0.25) is 5.32 Å². The number of hydrogen-bond donors (Lipinski definition) is 4. The molecule has 0 atom stereocenters. The highest BCUT2D eigenvalue weighted by molar-refractivity contribution is 7.87. The van der Waals surface area contributed by atoms with E-state index in [1.807, 2.05) is 10.8 Å². The highest BCUT2D eigenvalue weighted by atomic mass is 32.2. The van der Waals surface area contributed by atoms with Crippen LogP contribution in [0.25, 0.3) is 11.0 Å². The number of nitrogens with one attached hydrogen (secondary N) is 4. The molecule has 0 aliphatic heterocycles. The number of aromatic amines is 1. The molecule has 0 saturated heterocycles. The molecule has 2 aromatic carbocycles. The van der Waals surface area contributed by atoms with E-state index in [-0.39, 0.29) is 16.6 Å². The molecule has 11 nitrogen and oxygen atoms in total. The third kappa shape index (κ3) is 6.39. The van der Waals surface area contributed by atoms with Crippen LogP contribution in [0.2, 0.25) is 0 Å². The van der Waals surface area contributed by atoms with E-state index >= 15 is 0 Å². The van der Waals surface area contributed by atoms with Crippen molar-refractivity contribution < 1.29 is 17.4 Å². The lowest BCUT2D eigenvalue weighted by molar-refractivity contribution is 0.251. The summed E-state index contributed by atoms with van der Waals surface area (Å²) >= 11 is 0. The zero-order chi connectivity index (χ0) is 25.7. The van der Waals surface area contributed by atoms with E-state index in [4.69, 9.17) is 4.18 Å². The highest BCUT2D eigenvalue weighted by Crippen LogP contribution is 2.26. The number of fused-ring (bicyclic) bond motifs is 1. The van der Waals surface area contributed by atoms with E-state index in [0.29, 0.717) is 23.6 Å². The standard InChI is InChI=1S/C25H29N7O4S/c33-25(27-12-3-14-32-15-13-26-17-32)31-24-29-22-11-8-20(16-23(22)30-24)36-37(34,35)21-9-6-19(7-10-21)28-18-4-1-2-5-18/h6-11,13,15-18,28H,1-5,12,14H2,(H3,27,29,30,31,33). The summed E-state index contributed by atoms with van der Waals surface area (Å²) in [7, 11) is -4.01. The fraction of sp³-hybridized carbons (Fsp3) is 0.320. The quantitative estimate of drug-likeness (QED) is 0.181. The Kier molecular flexibility index (Phi) is 7.26. The minimum absolute atomic E-state index is 0.0706. The van der Waals surface area contributed by atoms with Crippen LogP contribution in [0, 0.1) is 0 Å². The van der Waals surface area contributed by atoms with Crippen LogP contribution >= 0.6 is 0 Å². The first kappa shape index (κ1) is 24.6. The van der Waals surface area contributed by atoms with Gasteiger partial charge in [-0.15, -0.1) is 0 Å². The van der Waals surface area contributed by atoms with Crippen molar-refractivity contribution in [1.29, 1.82) is 0 Å². The number of anilines is 2. The molecular formula is C25H29N7O4S. The summed E-state index contributed by atoms with van der Waals surface area (Å²) in [4.78, 5) is 23.5. The molecule has 1 aliphatic rings. The van der Waals surface area contributed by atoms with Crippen LogP contribution in [0.4, 0.5) is 16.4 Å². The van der Waals surface area contributed by atoms with Gasteiger partial charge in [-0.05, 0) is 55.7 Å². The van der Waals surface area contributed by atoms with Crippen molar-refractivity contribution in [1.82, 2.24) is 24.8 Å². The molecule has 2 amide bonds. The molecule has 0 bridgehead atoms. The van der Waals surface area contributed by atoms with Crippen molar-refractivity contribution in [2.24, 2.45) is 0 Å². The summed E-state index contributed by atoms with van der Waals surface area (Å²) in [6.07, 6.45) is 10.8. The molecule has 12 heteroatoms. The number of hydrogen-bond acceptors (Lipinski definition) is 7. The van der Waals surface area contributed by atoms with Crippen LogP contribution in [0.15, 0.2) is 66.1 Å². The van der Waals surface area contributed by atoms with Gasteiger partial charge in [-0.1, -0.05) is 12.8 Å². The lowest BCUT2D eigenvalue weighted by Gasteiger charge is -2.14. The monoisotopic (exact) mass is 523 g/mol. The average molecular weight is 524 g/mol. The first-order chi connectivity index (χ1) is 17.9. The number of carbonyl (C=O) groups is 1. The highest BCUT2D eigenvalue weighted by Gasteiger charge is 2.19. The molecule has 0 spiro atoms. The van der Waals surface area contributed by atoms with E-state index in [9.17, 15) is 13.2 Å². The van der Waals surface area contributed by atoms with Crippen molar-refractivity contribution in [2.45, 2.75) is 49.6 Å². The van der Waals surface area contributed by atoms with Crippen LogP contribution in [0.1, 0.15) is 32.1 Å². The van der Waals surface area contributed by atoms with Crippen LogP contribution in [-0.4, -0.2) is 46.6 Å². The molecule has 4 N–H and O–H groups in total. The summed E-state index contributed by atoms with van der Waals surface area (Å²) in [6, 6.07) is 11.3. The van der Waals surface area contributed by atoms with Crippen molar-refractivity contribution in [3.8, 4) is 5.75 Å². The normalized spacial score (nSPS) is 14.1. The Morgan fingerprint density at radius 2 is 1.95 bits per heavy atom. The fourth-order valence-electron chi connectivity index (χ4n) is 4.33. The maximum atomic E-state index is 12.8. The summed E-state index contributed by atoms with van der Waals surface area (Å²) in [6.45, 7) is 1.23. The Hall–Kier alpha value is -4.06. The number of benzene rings is 2. The smallest absolute Gasteiger partial charge is 0.339 e. The number of amides is 2. The van der Waals surface area contributed by atoms with E-state index in [1.54, 1.807) is 30.7 Å². The number of nitrogens with zero attached hydrogens (tertiary/aromatic N) is 3. The predicted octanol–water partition coefficient (Wildman–Crippen LogP) is 4.09. The van der Waals surface area contributed by atoms with E-state index < -0.39 is 16.1 Å². The number of carbonyl (C=O) groups excluding carboxylic acids is 1. The molecule has 0 unspecified atom stereocenters. The topological polar surface area (TPSA) is 143 Å². The van der Waals surface area contributed by atoms with E-state index in [0.717, 1.165) is 31.5 Å². The Bertz CT molecular complexity index is 1440. The first-order valence-corrected chi connectivity index (χ1v) is 13.7. The van der Waals surface area contributed by atoms with Crippen molar-refractivity contribution in [2.75, 3.05) is 17.2 Å². The van der Waals surface area contributed by atoms with Gasteiger partial charge in [0.05, 0.1) is 17.4 Å². The molecule has 2 heterocycles. The molecule has 2 aromatic heterocycles. The van der Waals surface area contributed by atoms with Gasteiger partial charge in [0, 0.05) is 43.3 Å². The summed E-state index contributed by atoms with van der Waals surface area (Å²) in [5, 5.41) is 8.86. The second-order valence-electron chi connectivity index (χ2n) is 8.99. The fourth-order valence-corrected chi connectivity index (χ4v) is 5.26. The van der Waals surface area contributed by atoms with Crippen LogP contribution in [0.3, 0.4) is 0 Å². The number of aryl methyl sites for hydroxylation is 1. The number of aromatic nitrogens is 4. The number of urea groups is 1. The van der Waals surface area contributed by atoms with Crippen LogP contribution < -0.4 is 20.1 Å². The summed E-state index contributed by atoms with van der Waals surface area (Å²) in [5.74, 6) is 0.382. The van der Waals surface area contributed by atoms with Crippen molar-refractivity contribution in [3.63, 3.8) is 0 Å². The zero-order valence-corrected chi connectivity index (χ0v) is 21.0. The third-order valence-corrected chi connectivity index (χ3v) is 7.46. The second kappa shape index (κ2) is 10.9. The maximum Gasteiger partial charge on any atom is 0.339 e. The predicted molar refractivity (Wildman–Crippen MR) is 140 cm³/mol. The summed E-state index contributed by atoms with van der Waals surface area (Å²) in [5.41, 5.74) is 1.98. The molecule has 5 rings (SSSR count). The molecule has 4 aromatic rings. The van der Waals surface area contributed by atoms with Gasteiger partial charge in [0.2, 0.25) is 5.95 Å². The molecule has 1 aliphatic carbocycles. The molecule has 1 fully saturated rings. The van der Waals surface area contributed by atoms with Crippen LogP contribution in [-0.2, 0) is 16.7 Å². The Balaban J connectivity index is 1.16. The first-order valence-electron chi connectivity index (χ1n) is 12.3. The van der Waals surface area contributed by atoms with Gasteiger partial charge in [0.15, 0.2) is 0 Å². The van der Waals surface area contributed by atoms with E-state index in [1.165, 1.54) is 37.1 Å². The number of imidazole rings is 2. The largest absolute Gasteiger partial charge is 0.382 e. The van der Waals surface area contributed by atoms with Gasteiger partial charge in [0.25, 0.3) is 0 Å². The Labute approximate surface area is 214 Å². The van der Waals surface area contributed by atoms with Gasteiger partial charge in [0.1, 0.15) is 10.6 Å². The maximum absolute atomic E-state index is 12.8. The Morgan fingerprint density at radius 3 is 2.70 bits per heavy atom. The van der Waals surface area contributed by atoms with Crippen molar-refractivity contribution >= 4 is 38.8 Å². The molecule has 37 heavy (non-hydrogen) atoms. The zero-order valence-electron chi connectivity index (χ0n) is 20.2.